The van der Waals surface area contributed by atoms with Crippen LogP contribution in [0.25, 0.3) is 5.65 Å². The molecule has 1 saturated heterocycles. The number of fused-ring (bicyclic) bond motifs is 1. The first-order valence-electron chi connectivity index (χ1n) is 5.75. The van der Waals surface area contributed by atoms with Crippen LogP contribution in [0.3, 0.4) is 0 Å². The molecule has 1 aliphatic heterocycles. The Labute approximate surface area is 119 Å². The minimum Gasteiger partial charge on any atom is -0.355 e. The number of halogens is 2. The molecule has 18 heavy (non-hydrogen) atoms. The van der Waals surface area contributed by atoms with Gasteiger partial charge in [-0.2, -0.15) is 0 Å². The molecule has 0 spiro atoms. The molecular weight excluding hydrogens is 271 g/mol. The summed E-state index contributed by atoms with van der Waals surface area (Å²) in [5.74, 6) is 1.25. The molecule has 0 aromatic carbocycles. The molecule has 0 bridgehead atoms. The molecule has 3 heterocycles. The van der Waals surface area contributed by atoms with Gasteiger partial charge in [0.15, 0.2) is 0 Å². The van der Waals surface area contributed by atoms with Gasteiger partial charge in [0.25, 0.3) is 0 Å². The summed E-state index contributed by atoms with van der Waals surface area (Å²) >= 11 is 0. The van der Waals surface area contributed by atoms with Crippen LogP contribution in [0, 0.1) is 6.92 Å². The van der Waals surface area contributed by atoms with Crippen molar-refractivity contribution < 1.29 is 0 Å². The van der Waals surface area contributed by atoms with Crippen LogP contribution in [0.5, 0.6) is 0 Å². The lowest BCUT2D eigenvalue weighted by atomic mass is 10.3. The first-order chi connectivity index (χ1) is 7.84. The maximum absolute atomic E-state index is 4.49. The number of aromatic nitrogens is 2. The van der Waals surface area contributed by atoms with Crippen molar-refractivity contribution in [2.45, 2.75) is 6.92 Å². The van der Waals surface area contributed by atoms with Gasteiger partial charge in [-0.05, 0) is 19.1 Å². The molecule has 1 fully saturated rings. The summed E-state index contributed by atoms with van der Waals surface area (Å²) < 4.78 is 2.18. The van der Waals surface area contributed by atoms with E-state index in [9.17, 15) is 0 Å². The van der Waals surface area contributed by atoms with Crippen molar-refractivity contribution in [2.75, 3.05) is 31.1 Å². The van der Waals surface area contributed by atoms with Gasteiger partial charge < -0.3 is 10.2 Å². The summed E-state index contributed by atoms with van der Waals surface area (Å²) in [6.07, 6.45) is 2.10. The molecule has 1 N–H and O–H groups in total. The maximum atomic E-state index is 4.49. The number of nitrogens with zero attached hydrogens (tertiary/aromatic N) is 3. The third-order valence-corrected chi connectivity index (χ3v) is 3.03. The predicted octanol–water partition coefficient (Wildman–Crippen LogP) is 1.90. The zero-order valence-corrected chi connectivity index (χ0v) is 11.9. The van der Waals surface area contributed by atoms with Crippen LogP contribution in [0.4, 0.5) is 5.82 Å². The molecule has 0 atom stereocenters. The Morgan fingerprint density at radius 1 is 1.17 bits per heavy atom. The first kappa shape index (κ1) is 15.1. The Morgan fingerprint density at radius 2 is 1.89 bits per heavy atom. The minimum absolute atomic E-state index is 0. The summed E-state index contributed by atoms with van der Waals surface area (Å²) in [5, 5.41) is 3.37. The maximum Gasteiger partial charge on any atom is 0.138 e. The third-order valence-electron chi connectivity index (χ3n) is 3.03. The second kappa shape index (κ2) is 6.27. The molecule has 0 unspecified atom stereocenters. The number of hydrogen-bond donors (Lipinski definition) is 1. The topological polar surface area (TPSA) is 32.6 Å². The molecule has 2 aromatic heterocycles. The van der Waals surface area contributed by atoms with E-state index in [2.05, 4.69) is 44.0 Å². The first-order valence-corrected chi connectivity index (χ1v) is 5.75. The van der Waals surface area contributed by atoms with Crippen molar-refractivity contribution in [3.05, 3.63) is 30.1 Å². The zero-order chi connectivity index (χ0) is 11.0. The quantitative estimate of drug-likeness (QED) is 0.870. The van der Waals surface area contributed by atoms with Gasteiger partial charge in [-0.15, -0.1) is 24.8 Å². The van der Waals surface area contributed by atoms with Crippen molar-refractivity contribution in [3.63, 3.8) is 0 Å². The van der Waals surface area contributed by atoms with E-state index in [0.717, 1.165) is 37.5 Å². The highest BCUT2D eigenvalue weighted by Gasteiger charge is 2.13. The number of pyridine rings is 1. The molecule has 1 aliphatic rings. The van der Waals surface area contributed by atoms with Gasteiger partial charge in [-0.25, -0.2) is 4.98 Å². The fraction of sp³-hybridized carbons (Fsp3) is 0.417. The van der Waals surface area contributed by atoms with Gasteiger partial charge >= 0.3 is 0 Å². The molecule has 0 aliphatic carbocycles. The number of piperazine rings is 1. The molecular formula is C12H18Cl2N4. The standard InChI is InChI=1S/C12H16N4.2ClH/c1-10-9-16-11(14-10)3-2-4-12(16)15-7-5-13-6-8-15;;/h2-4,9,13H,5-8H2,1H3;2*1H. The molecule has 3 rings (SSSR count). The van der Waals surface area contributed by atoms with E-state index < -0.39 is 0 Å². The van der Waals surface area contributed by atoms with Crippen molar-refractivity contribution in [3.8, 4) is 0 Å². The molecule has 4 nitrogen and oxygen atoms in total. The molecule has 100 valence electrons. The summed E-state index contributed by atoms with van der Waals surface area (Å²) in [4.78, 5) is 6.90. The monoisotopic (exact) mass is 288 g/mol. The lowest BCUT2D eigenvalue weighted by Crippen LogP contribution is -2.44. The lowest BCUT2D eigenvalue weighted by molar-refractivity contribution is 0.583. The number of aryl methyl sites for hydroxylation is 1. The number of imidazole rings is 1. The van der Waals surface area contributed by atoms with Gasteiger partial charge in [0.2, 0.25) is 0 Å². The van der Waals surface area contributed by atoms with Gasteiger partial charge in [0.1, 0.15) is 11.5 Å². The van der Waals surface area contributed by atoms with Crippen LogP contribution < -0.4 is 10.2 Å². The largest absolute Gasteiger partial charge is 0.355 e. The Balaban J connectivity index is 0.000000810. The highest BCUT2D eigenvalue weighted by Crippen LogP contribution is 2.17. The molecule has 0 radical (unpaired) electrons. The van der Waals surface area contributed by atoms with Gasteiger partial charge in [-0.3, -0.25) is 4.40 Å². The van der Waals surface area contributed by atoms with Gasteiger partial charge in [-0.1, -0.05) is 6.07 Å². The number of anilines is 1. The normalized spacial score (nSPS) is 15.1. The van der Waals surface area contributed by atoms with E-state index in [4.69, 9.17) is 0 Å². The molecule has 2 aromatic rings. The second-order valence-electron chi connectivity index (χ2n) is 4.23. The van der Waals surface area contributed by atoms with Crippen LogP contribution in [-0.4, -0.2) is 35.6 Å². The molecule has 0 saturated carbocycles. The number of nitrogens with one attached hydrogen (secondary N) is 1. The average Bonchev–Trinajstić information content (AvgIpc) is 2.70. The van der Waals surface area contributed by atoms with Crippen LogP contribution >= 0.6 is 24.8 Å². The Hall–Kier alpha value is -0.970. The third kappa shape index (κ3) is 2.71. The van der Waals surface area contributed by atoms with Crippen LogP contribution in [-0.2, 0) is 0 Å². The zero-order valence-electron chi connectivity index (χ0n) is 10.3. The lowest BCUT2D eigenvalue weighted by Gasteiger charge is -2.29. The number of rotatable bonds is 1. The predicted molar refractivity (Wildman–Crippen MR) is 79.5 cm³/mol. The smallest absolute Gasteiger partial charge is 0.138 e. The van der Waals surface area contributed by atoms with E-state index in [-0.39, 0.29) is 24.8 Å². The minimum atomic E-state index is 0. The average molecular weight is 289 g/mol. The van der Waals surface area contributed by atoms with Crippen LogP contribution in [0.1, 0.15) is 5.69 Å². The molecule has 0 amide bonds. The summed E-state index contributed by atoms with van der Waals surface area (Å²) in [7, 11) is 0. The van der Waals surface area contributed by atoms with Crippen molar-refractivity contribution in [1.29, 1.82) is 0 Å². The fourth-order valence-electron chi connectivity index (χ4n) is 2.27. The Bertz CT molecular complexity index is 506. The van der Waals surface area contributed by atoms with E-state index in [1.807, 2.05) is 6.92 Å². The van der Waals surface area contributed by atoms with E-state index >= 15 is 0 Å². The van der Waals surface area contributed by atoms with Crippen LogP contribution in [0.2, 0.25) is 0 Å². The Morgan fingerprint density at radius 3 is 2.61 bits per heavy atom. The van der Waals surface area contributed by atoms with E-state index in [1.165, 1.54) is 5.82 Å². The fourth-order valence-corrected chi connectivity index (χ4v) is 2.27. The van der Waals surface area contributed by atoms with Crippen LogP contribution in [0.15, 0.2) is 24.4 Å². The SMILES string of the molecule is Cc1cn2c(N3CCNCC3)cccc2n1.Cl.Cl. The molecule has 6 heteroatoms. The number of hydrogen-bond acceptors (Lipinski definition) is 3. The van der Waals surface area contributed by atoms with Crippen molar-refractivity contribution in [1.82, 2.24) is 14.7 Å². The summed E-state index contributed by atoms with van der Waals surface area (Å²) in [5.41, 5.74) is 2.11. The Kier molecular flexibility index (Phi) is 5.26. The van der Waals surface area contributed by atoms with Gasteiger partial charge in [0, 0.05) is 32.4 Å². The van der Waals surface area contributed by atoms with E-state index in [0.29, 0.717) is 0 Å². The van der Waals surface area contributed by atoms with Crippen molar-refractivity contribution in [2.24, 2.45) is 0 Å². The van der Waals surface area contributed by atoms with Crippen molar-refractivity contribution >= 4 is 36.3 Å². The summed E-state index contributed by atoms with van der Waals surface area (Å²) in [6, 6.07) is 6.30. The highest BCUT2D eigenvalue weighted by atomic mass is 35.5. The summed E-state index contributed by atoms with van der Waals surface area (Å²) in [6.45, 7) is 6.29. The highest BCUT2D eigenvalue weighted by molar-refractivity contribution is 5.85. The van der Waals surface area contributed by atoms with E-state index in [1.54, 1.807) is 0 Å². The second-order valence-corrected chi connectivity index (χ2v) is 4.23. The van der Waals surface area contributed by atoms with Gasteiger partial charge in [0.05, 0.1) is 5.69 Å².